The molecule has 0 saturated carbocycles. The van der Waals surface area contributed by atoms with Gasteiger partial charge in [0.1, 0.15) is 17.3 Å². The molecular weight excluding hydrogens is 437 g/mol. The van der Waals surface area contributed by atoms with Gasteiger partial charge in [-0.15, -0.1) is 0 Å². The Bertz CT molecular complexity index is 1350. The predicted molar refractivity (Wildman–Crippen MR) is 128 cm³/mol. The number of phenolic OH excluding ortho intramolecular Hbond substituents is 1. The van der Waals surface area contributed by atoms with Crippen molar-refractivity contribution in [1.82, 2.24) is 5.43 Å². The lowest BCUT2D eigenvalue weighted by molar-refractivity contribution is -0.118. The maximum atomic E-state index is 12.9. The van der Waals surface area contributed by atoms with Crippen LogP contribution in [0.1, 0.15) is 15.9 Å². The van der Waals surface area contributed by atoms with Gasteiger partial charge in [0.25, 0.3) is 11.8 Å². The van der Waals surface area contributed by atoms with E-state index in [0.717, 1.165) is 10.8 Å². The van der Waals surface area contributed by atoms with E-state index in [1.165, 1.54) is 36.5 Å². The first-order valence-corrected chi connectivity index (χ1v) is 10.3. The largest absolute Gasteiger partial charge is 0.507 e. The molecule has 0 aromatic heterocycles. The molecule has 0 unspecified atom stereocenters. The zero-order valence-electron chi connectivity index (χ0n) is 17.9. The van der Waals surface area contributed by atoms with Crippen molar-refractivity contribution in [3.05, 3.63) is 102 Å². The molecule has 4 aromatic rings. The molecule has 0 radical (unpaired) electrons. The second kappa shape index (κ2) is 10.3. The molecule has 4 rings (SSSR count). The second-order valence-corrected chi connectivity index (χ2v) is 7.33. The van der Waals surface area contributed by atoms with E-state index in [4.69, 9.17) is 4.74 Å². The van der Waals surface area contributed by atoms with E-state index >= 15 is 0 Å². The fourth-order valence-electron chi connectivity index (χ4n) is 3.17. The molecule has 0 aliphatic heterocycles. The van der Waals surface area contributed by atoms with Crippen LogP contribution in [0.2, 0.25) is 0 Å². The summed E-state index contributed by atoms with van der Waals surface area (Å²) in [6.07, 6.45) is 1.45. The molecule has 3 N–H and O–H groups in total. The van der Waals surface area contributed by atoms with Crippen LogP contribution in [0, 0.1) is 5.82 Å². The van der Waals surface area contributed by atoms with Crippen LogP contribution in [0.5, 0.6) is 11.5 Å². The number of fused-ring (bicyclic) bond motifs is 1. The standard InChI is InChI=1S/C26H20FN3O4/c27-20-7-9-21(10-8-20)29-25(32)16-34-22-11-5-17(6-12-22)15-28-30-26(33)23-13-18-3-1-2-4-19(18)14-24(23)31/h1-15,31H,16H2,(H,29,32)(H,30,33)/b28-15-. The normalized spacial score (nSPS) is 10.9. The van der Waals surface area contributed by atoms with Gasteiger partial charge in [-0.05, 0) is 77.0 Å². The minimum atomic E-state index is -0.536. The van der Waals surface area contributed by atoms with Crippen molar-refractivity contribution >= 4 is 34.5 Å². The summed E-state index contributed by atoms with van der Waals surface area (Å²) < 4.78 is 18.4. The van der Waals surface area contributed by atoms with Crippen LogP contribution in [0.15, 0.2) is 90.0 Å². The quantitative estimate of drug-likeness (QED) is 0.282. The molecule has 0 spiro atoms. The third-order valence-corrected chi connectivity index (χ3v) is 4.87. The zero-order valence-corrected chi connectivity index (χ0v) is 17.9. The Morgan fingerprint density at radius 3 is 2.32 bits per heavy atom. The maximum absolute atomic E-state index is 12.9. The van der Waals surface area contributed by atoms with Crippen LogP contribution >= 0.6 is 0 Å². The van der Waals surface area contributed by atoms with E-state index in [9.17, 15) is 19.1 Å². The van der Waals surface area contributed by atoms with E-state index in [1.807, 2.05) is 24.3 Å². The van der Waals surface area contributed by atoms with Gasteiger partial charge in [-0.25, -0.2) is 9.82 Å². The summed E-state index contributed by atoms with van der Waals surface area (Å²) in [5.74, 6) is -0.958. The van der Waals surface area contributed by atoms with Crippen LogP contribution in [-0.2, 0) is 4.79 Å². The van der Waals surface area contributed by atoms with Crippen LogP contribution < -0.4 is 15.5 Å². The molecule has 7 nitrogen and oxygen atoms in total. The lowest BCUT2D eigenvalue weighted by Gasteiger charge is -2.08. The van der Waals surface area contributed by atoms with Gasteiger partial charge in [0, 0.05) is 5.69 Å². The summed E-state index contributed by atoms with van der Waals surface area (Å²) in [4.78, 5) is 24.3. The summed E-state index contributed by atoms with van der Waals surface area (Å²) in [5.41, 5.74) is 3.68. The molecule has 0 aliphatic rings. The summed E-state index contributed by atoms with van der Waals surface area (Å²) in [6.45, 7) is -0.212. The Morgan fingerprint density at radius 1 is 0.941 bits per heavy atom. The Labute approximate surface area is 194 Å². The first kappa shape index (κ1) is 22.5. The van der Waals surface area contributed by atoms with Crippen molar-refractivity contribution in [2.45, 2.75) is 0 Å². The number of nitrogens with zero attached hydrogens (tertiary/aromatic N) is 1. The maximum Gasteiger partial charge on any atom is 0.275 e. The molecular formula is C26H20FN3O4. The molecule has 0 bridgehead atoms. The van der Waals surface area contributed by atoms with Gasteiger partial charge in [-0.2, -0.15) is 5.10 Å². The van der Waals surface area contributed by atoms with Gasteiger partial charge in [0.05, 0.1) is 11.8 Å². The summed E-state index contributed by atoms with van der Waals surface area (Å²) in [6, 6.07) is 22.7. The number of halogens is 1. The van der Waals surface area contributed by atoms with Crippen molar-refractivity contribution in [2.24, 2.45) is 5.10 Å². The highest BCUT2D eigenvalue weighted by Crippen LogP contribution is 2.24. The first-order valence-electron chi connectivity index (χ1n) is 10.3. The van der Waals surface area contributed by atoms with Crippen molar-refractivity contribution < 1.29 is 23.8 Å². The summed E-state index contributed by atoms with van der Waals surface area (Å²) >= 11 is 0. The number of anilines is 1. The van der Waals surface area contributed by atoms with E-state index in [0.29, 0.717) is 17.0 Å². The van der Waals surface area contributed by atoms with Crippen molar-refractivity contribution in [2.75, 3.05) is 11.9 Å². The number of hydrazone groups is 1. The summed E-state index contributed by atoms with van der Waals surface area (Å²) in [5, 5.41) is 18.3. The summed E-state index contributed by atoms with van der Waals surface area (Å²) in [7, 11) is 0. The van der Waals surface area contributed by atoms with Crippen LogP contribution in [-0.4, -0.2) is 29.7 Å². The minimum absolute atomic E-state index is 0.124. The highest BCUT2D eigenvalue weighted by Gasteiger charge is 2.11. The number of nitrogens with one attached hydrogen (secondary N) is 2. The average molecular weight is 457 g/mol. The predicted octanol–water partition coefficient (Wildman–Crippen LogP) is 4.47. The SMILES string of the molecule is O=C(COc1ccc(/C=N\NC(=O)c2cc3ccccc3cc2O)cc1)Nc1ccc(F)cc1. The highest BCUT2D eigenvalue weighted by molar-refractivity contribution is 6.01. The number of phenols is 1. The molecule has 170 valence electrons. The molecule has 0 heterocycles. The topological polar surface area (TPSA) is 100 Å². The molecule has 0 atom stereocenters. The fraction of sp³-hybridized carbons (Fsp3) is 0.0385. The number of amides is 2. The Kier molecular flexibility index (Phi) is 6.78. The van der Waals surface area contributed by atoms with Gasteiger partial charge >= 0.3 is 0 Å². The fourth-order valence-corrected chi connectivity index (χ4v) is 3.17. The molecule has 4 aromatic carbocycles. The van der Waals surface area contributed by atoms with Crippen LogP contribution in [0.3, 0.4) is 0 Å². The van der Waals surface area contributed by atoms with Gasteiger partial charge in [0.2, 0.25) is 0 Å². The highest BCUT2D eigenvalue weighted by atomic mass is 19.1. The van der Waals surface area contributed by atoms with Gasteiger partial charge in [0.15, 0.2) is 6.61 Å². The number of hydrogen-bond donors (Lipinski definition) is 3. The molecule has 0 fully saturated rings. The van der Waals surface area contributed by atoms with E-state index in [2.05, 4.69) is 15.8 Å². The lowest BCUT2D eigenvalue weighted by atomic mass is 10.1. The van der Waals surface area contributed by atoms with Gasteiger partial charge < -0.3 is 15.2 Å². The second-order valence-electron chi connectivity index (χ2n) is 7.33. The number of aromatic hydroxyl groups is 1. The number of carbonyl (C=O) groups is 2. The number of rotatable bonds is 7. The van der Waals surface area contributed by atoms with E-state index in [-0.39, 0.29) is 29.6 Å². The van der Waals surface area contributed by atoms with Gasteiger partial charge in [-0.1, -0.05) is 24.3 Å². The first-order chi connectivity index (χ1) is 16.5. The monoisotopic (exact) mass is 457 g/mol. The third kappa shape index (κ3) is 5.74. The number of benzene rings is 4. The molecule has 34 heavy (non-hydrogen) atoms. The minimum Gasteiger partial charge on any atom is -0.507 e. The van der Waals surface area contributed by atoms with Crippen molar-refractivity contribution in [1.29, 1.82) is 0 Å². The van der Waals surface area contributed by atoms with E-state index in [1.54, 1.807) is 30.3 Å². The smallest absolute Gasteiger partial charge is 0.275 e. The number of ether oxygens (including phenoxy) is 1. The Morgan fingerprint density at radius 2 is 1.62 bits per heavy atom. The molecule has 0 saturated heterocycles. The van der Waals surface area contributed by atoms with Crippen LogP contribution in [0.4, 0.5) is 10.1 Å². The molecule has 2 amide bonds. The average Bonchev–Trinajstić information content (AvgIpc) is 2.84. The Hall–Kier alpha value is -4.72. The van der Waals surface area contributed by atoms with Crippen molar-refractivity contribution in [3.8, 4) is 11.5 Å². The third-order valence-electron chi connectivity index (χ3n) is 4.87. The Balaban J connectivity index is 1.29. The zero-order chi connectivity index (χ0) is 23.9. The molecule has 0 aliphatic carbocycles. The van der Waals surface area contributed by atoms with Gasteiger partial charge in [-0.3, -0.25) is 9.59 Å². The number of hydrogen-bond acceptors (Lipinski definition) is 5. The van der Waals surface area contributed by atoms with E-state index < -0.39 is 5.91 Å². The van der Waals surface area contributed by atoms with Crippen molar-refractivity contribution in [3.63, 3.8) is 0 Å². The number of carbonyl (C=O) groups excluding carboxylic acids is 2. The lowest BCUT2D eigenvalue weighted by Crippen LogP contribution is -2.20. The molecule has 8 heteroatoms. The van der Waals surface area contributed by atoms with Crippen LogP contribution in [0.25, 0.3) is 10.8 Å².